The molecule has 1 aromatic heterocycles. The molecule has 1 amide bonds. The van der Waals surface area contributed by atoms with Gasteiger partial charge in [0.15, 0.2) is 5.03 Å². The van der Waals surface area contributed by atoms with E-state index in [2.05, 4.69) is 10.3 Å². The Kier molecular flexibility index (Phi) is 3.52. The van der Waals surface area contributed by atoms with Crippen LogP contribution in [0.5, 0.6) is 5.75 Å². The number of benzene rings is 1. The molecule has 2 heterocycles. The van der Waals surface area contributed by atoms with Crippen molar-refractivity contribution in [2.45, 2.75) is 11.9 Å². The molecule has 1 aliphatic rings. The van der Waals surface area contributed by atoms with E-state index in [4.69, 9.17) is 4.74 Å². The van der Waals surface area contributed by atoms with Crippen molar-refractivity contribution in [2.24, 2.45) is 7.05 Å². The minimum absolute atomic E-state index is 0.0264. The quantitative estimate of drug-likeness (QED) is 0.898. The van der Waals surface area contributed by atoms with Crippen LogP contribution in [-0.4, -0.2) is 37.5 Å². The third kappa shape index (κ3) is 2.42. The monoisotopic (exact) mass is 336 g/mol. The number of amides is 1. The molecule has 1 N–H and O–H groups in total. The predicted molar refractivity (Wildman–Crippen MR) is 84.1 cm³/mol. The third-order valence-corrected chi connectivity index (χ3v) is 5.58. The SMILES string of the molecule is COc1ccc2c(c1)N(S(=O)(=O)c1cnc(C)n1C)CC(=O)N2. The van der Waals surface area contributed by atoms with E-state index in [0.29, 0.717) is 22.9 Å². The summed E-state index contributed by atoms with van der Waals surface area (Å²) in [5, 5.41) is 2.69. The van der Waals surface area contributed by atoms with Crippen LogP contribution >= 0.6 is 0 Å². The molecule has 3 rings (SSSR count). The Hall–Kier alpha value is -2.55. The van der Waals surface area contributed by atoms with Crippen molar-refractivity contribution in [1.82, 2.24) is 9.55 Å². The molecule has 2 aromatic rings. The average Bonchev–Trinajstić information content (AvgIpc) is 2.86. The van der Waals surface area contributed by atoms with Gasteiger partial charge < -0.3 is 14.6 Å². The average molecular weight is 336 g/mol. The standard InChI is InChI=1S/C14H16N4O4S/c1-9-15-7-14(17(9)2)23(20,21)18-8-13(19)16-11-5-4-10(22-3)6-12(11)18/h4-7H,8H2,1-3H3,(H,16,19). The number of imidazole rings is 1. The second kappa shape index (κ2) is 5.27. The fourth-order valence-corrected chi connectivity index (χ4v) is 3.99. The summed E-state index contributed by atoms with van der Waals surface area (Å²) < 4.78 is 33.6. The molecule has 9 heteroatoms. The Bertz CT molecular complexity index is 888. The lowest BCUT2D eigenvalue weighted by molar-refractivity contribution is -0.115. The number of fused-ring (bicyclic) bond motifs is 1. The van der Waals surface area contributed by atoms with Crippen LogP contribution in [0.4, 0.5) is 11.4 Å². The maximum absolute atomic E-state index is 13.0. The number of aryl methyl sites for hydroxylation is 1. The number of nitrogens with one attached hydrogen (secondary N) is 1. The van der Waals surface area contributed by atoms with Gasteiger partial charge in [-0.15, -0.1) is 0 Å². The first-order valence-electron chi connectivity index (χ1n) is 6.83. The van der Waals surface area contributed by atoms with E-state index in [1.54, 1.807) is 32.2 Å². The molecule has 0 bridgehead atoms. The summed E-state index contributed by atoms with van der Waals surface area (Å²) in [4.78, 5) is 15.9. The highest BCUT2D eigenvalue weighted by atomic mass is 32.2. The Labute approximate surface area is 133 Å². The number of hydrogen-bond acceptors (Lipinski definition) is 5. The van der Waals surface area contributed by atoms with Crippen LogP contribution in [0.2, 0.25) is 0 Å². The summed E-state index contributed by atoms with van der Waals surface area (Å²) in [6, 6.07) is 4.85. The largest absolute Gasteiger partial charge is 0.497 e. The smallest absolute Gasteiger partial charge is 0.282 e. The predicted octanol–water partition coefficient (Wildman–Crippen LogP) is 0.885. The Morgan fingerprint density at radius 1 is 1.35 bits per heavy atom. The molecule has 0 radical (unpaired) electrons. The topological polar surface area (TPSA) is 93.5 Å². The molecule has 1 aromatic carbocycles. The Morgan fingerprint density at radius 2 is 2.09 bits per heavy atom. The maximum atomic E-state index is 13.0. The lowest BCUT2D eigenvalue weighted by atomic mass is 10.2. The van der Waals surface area contributed by atoms with E-state index in [1.807, 2.05) is 0 Å². The summed E-state index contributed by atoms with van der Waals surface area (Å²) in [5.74, 6) is 0.669. The van der Waals surface area contributed by atoms with Crippen LogP contribution < -0.4 is 14.4 Å². The molecular formula is C14H16N4O4S. The molecule has 8 nitrogen and oxygen atoms in total. The molecule has 0 saturated heterocycles. The first-order valence-corrected chi connectivity index (χ1v) is 8.27. The third-order valence-electron chi connectivity index (χ3n) is 3.77. The van der Waals surface area contributed by atoms with Crippen molar-refractivity contribution in [3.63, 3.8) is 0 Å². The van der Waals surface area contributed by atoms with Crippen LogP contribution in [0.1, 0.15) is 5.82 Å². The van der Waals surface area contributed by atoms with Crippen LogP contribution in [0.3, 0.4) is 0 Å². The summed E-state index contributed by atoms with van der Waals surface area (Å²) >= 11 is 0. The number of carbonyl (C=O) groups is 1. The fourth-order valence-electron chi connectivity index (χ4n) is 2.40. The van der Waals surface area contributed by atoms with Gasteiger partial charge in [-0.25, -0.2) is 4.98 Å². The van der Waals surface area contributed by atoms with Crippen molar-refractivity contribution in [3.05, 3.63) is 30.2 Å². The number of anilines is 2. The highest BCUT2D eigenvalue weighted by Gasteiger charge is 2.34. The molecule has 0 saturated carbocycles. The second-order valence-electron chi connectivity index (χ2n) is 5.15. The van der Waals surface area contributed by atoms with Gasteiger partial charge >= 0.3 is 0 Å². The van der Waals surface area contributed by atoms with Crippen molar-refractivity contribution < 1.29 is 17.9 Å². The number of rotatable bonds is 3. The number of sulfonamides is 1. The highest BCUT2D eigenvalue weighted by molar-refractivity contribution is 7.92. The summed E-state index contributed by atoms with van der Waals surface area (Å²) in [7, 11) is -0.816. The molecule has 23 heavy (non-hydrogen) atoms. The van der Waals surface area contributed by atoms with E-state index >= 15 is 0 Å². The number of carbonyl (C=O) groups excluding carboxylic acids is 1. The minimum Gasteiger partial charge on any atom is -0.497 e. The van der Waals surface area contributed by atoms with Gasteiger partial charge in [0.2, 0.25) is 5.91 Å². The number of aromatic nitrogens is 2. The minimum atomic E-state index is -3.93. The zero-order valence-corrected chi connectivity index (χ0v) is 13.7. The maximum Gasteiger partial charge on any atom is 0.282 e. The van der Waals surface area contributed by atoms with E-state index in [9.17, 15) is 13.2 Å². The van der Waals surface area contributed by atoms with Crippen molar-refractivity contribution >= 4 is 27.3 Å². The van der Waals surface area contributed by atoms with Gasteiger partial charge in [-0.1, -0.05) is 0 Å². The fraction of sp³-hybridized carbons (Fsp3) is 0.286. The van der Waals surface area contributed by atoms with E-state index in [0.717, 1.165) is 4.31 Å². The van der Waals surface area contributed by atoms with E-state index < -0.39 is 15.9 Å². The van der Waals surface area contributed by atoms with Gasteiger partial charge in [0.05, 0.1) is 24.7 Å². The normalized spacial score (nSPS) is 14.4. The zero-order valence-electron chi connectivity index (χ0n) is 12.9. The molecule has 0 atom stereocenters. The van der Waals surface area contributed by atoms with Crippen LogP contribution in [0.15, 0.2) is 29.4 Å². The highest BCUT2D eigenvalue weighted by Crippen LogP contribution is 2.36. The van der Waals surface area contributed by atoms with E-state index in [1.165, 1.54) is 17.9 Å². The summed E-state index contributed by atoms with van der Waals surface area (Å²) in [6.45, 7) is 1.41. The van der Waals surface area contributed by atoms with Crippen molar-refractivity contribution in [2.75, 3.05) is 23.3 Å². The van der Waals surface area contributed by atoms with Gasteiger partial charge in [0, 0.05) is 13.1 Å². The van der Waals surface area contributed by atoms with E-state index in [-0.39, 0.29) is 11.6 Å². The number of nitrogens with zero attached hydrogens (tertiary/aromatic N) is 3. The summed E-state index contributed by atoms with van der Waals surface area (Å²) in [5.41, 5.74) is 0.785. The first kappa shape index (κ1) is 15.3. The van der Waals surface area contributed by atoms with Gasteiger partial charge in [0.1, 0.15) is 18.1 Å². The zero-order chi connectivity index (χ0) is 16.8. The number of ether oxygens (including phenoxy) is 1. The van der Waals surface area contributed by atoms with Crippen molar-refractivity contribution in [3.8, 4) is 5.75 Å². The molecule has 0 aliphatic carbocycles. The van der Waals surface area contributed by atoms with Gasteiger partial charge in [-0.05, 0) is 19.1 Å². The lowest BCUT2D eigenvalue weighted by Crippen LogP contribution is -2.42. The lowest BCUT2D eigenvalue weighted by Gasteiger charge is -2.30. The first-order chi connectivity index (χ1) is 10.8. The molecule has 0 fully saturated rings. The van der Waals surface area contributed by atoms with Crippen LogP contribution in [0.25, 0.3) is 0 Å². The van der Waals surface area contributed by atoms with Gasteiger partial charge in [-0.3, -0.25) is 9.10 Å². The van der Waals surface area contributed by atoms with Crippen molar-refractivity contribution in [1.29, 1.82) is 0 Å². The summed E-state index contributed by atoms with van der Waals surface area (Å²) in [6.07, 6.45) is 1.29. The van der Waals surface area contributed by atoms with Gasteiger partial charge in [-0.2, -0.15) is 8.42 Å². The molecule has 0 spiro atoms. The van der Waals surface area contributed by atoms with Crippen LogP contribution in [0, 0.1) is 6.92 Å². The Balaban J connectivity index is 2.17. The Morgan fingerprint density at radius 3 is 2.70 bits per heavy atom. The van der Waals surface area contributed by atoms with Gasteiger partial charge in [0.25, 0.3) is 10.0 Å². The second-order valence-corrected chi connectivity index (χ2v) is 6.95. The molecular weight excluding hydrogens is 320 g/mol. The number of methoxy groups -OCH3 is 1. The molecule has 0 unspecified atom stereocenters. The molecule has 122 valence electrons. The number of hydrogen-bond donors (Lipinski definition) is 1. The van der Waals surface area contributed by atoms with Crippen LogP contribution in [-0.2, 0) is 21.9 Å². The molecule has 1 aliphatic heterocycles.